The molecule has 5 heteroatoms. The van der Waals surface area contributed by atoms with Crippen LogP contribution in [0.5, 0.6) is 0 Å². The molecule has 0 aromatic heterocycles. The minimum atomic E-state index is -0.487. The van der Waals surface area contributed by atoms with Crippen molar-refractivity contribution in [2.45, 2.75) is 33.1 Å². The van der Waals surface area contributed by atoms with E-state index in [9.17, 15) is 9.18 Å². The molecule has 2 aromatic carbocycles. The quantitative estimate of drug-likeness (QED) is 0.758. The van der Waals surface area contributed by atoms with Crippen molar-refractivity contribution in [2.75, 3.05) is 23.3 Å². The van der Waals surface area contributed by atoms with Gasteiger partial charge in [-0.15, -0.1) is 0 Å². The van der Waals surface area contributed by atoms with Crippen LogP contribution in [0.3, 0.4) is 0 Å². The molecule has 146 valence electrons. The molecule has 1 amide bonds. The van der Waals surface area contributed by atoms with Crippen LogP contribution in [-0.4, -0.2) is 25.2 Å². The molecule has 2 aliphatic rings. The normalized spacial score (nSPS) is 24.5. The van der Waals surface area contributed by atoms with Crippen molar-refractivity contribution in [1.82, 2.24) is 0 Å². The lowest BCUT2D eigenvalue weighted by atomic mass is 9.91. The van der Waals surface area contributed by atoms with Crippen LogP contribution < -0.4 is 10.2 Å². The van der Waals surface area contributed by atoms with Gasteiger partial charge < -0.3 is 10.2 Å². The number of carbonyl (C=O) groups excluding carboxylic acids is 1. The van der Waals surface area contributed by atoms with E-state index in [0.717, 1.165) is 24.3 Å². The van der Waals surface area contributed by atoms with Gasteiger partial charge in [0.2, 0.25) is 5.91 Å². The number of hydrogen-bond acceptors (Lipinski definition) is 3. The summed E-state index contributed by atoms with van der Waals surface area (Å²) in [5.41, 5.74) is 4.56. The first-order valence-corrected chi connectivity index (χ1v) is 9.91. The summed E-state index contributed by atoms with van der Waals surface area (Å²) in [6.45, 7) is 8.91. The summed E-state index contributed by atoms with van der Waals surface area (Å²) in [5, 5.41) is 2.72. The zero-order chi connectivity index (χ0) is 19.8. The Morgan fingerprint density at radius 2 is 1.89 bits per heavy atom. The number of rotatable bonds is 3. The van der Waals surface area contributed by atoms with Gasteiger partial charge in [0.1, 0.15) is 11.7 Å². The van der Waals surface area contributed by atoms with E-state index >= 15 is 0 Å². The minimum absolute atomic E-state index is 0.172. The van der Waals surface area contributed by atoms with Gasteiger partial charge in [-0.25, -0.2) is 4.39 Å². The molecule has 0 saturated carbocycles. The lowest BCUT2D eigenvalue weighted by Gasteiger charge is -2.37. The van der Waals surface area contributed by atoms with Gasteiger partial charge in [0, 0.05) is 30.7 Å². The Morgan fingerprint density at radius 1 is 1.14 bits per heavy atom. The number of nitrogens with zero attached hydrogens (tertiary/aromatic N) is 2. The molecule has 0 aliphatic carbocycles. The van der Waals surface area contributed by atoms with Crippen LogP contribution in [0.1, 0.15) is 37.3 Å². The third kappa shape index (κ3) is 3.66. The molecule has 1 saturated heterocycles. The van der Waals surface area contributed by atoms with Gasteiger partial charge in [-0.05, 0) is 66.6 Å². The Hall–Kier alpha value is -2.69. The van der Waals surface area contributed by atoms with E-state index in [1.54, 1.807) is 12.3 Å². The summed E-state index contributed by atoms with van der Waals surface area (Å²) in [6, 6.07) is 10.6. The highest BCUT2D eigenvalue weighted by Crippen LogP contribution is 2.33. The monoisotopic (exact) mass is 379 g/mol. The van der Waals surface area contributed by atoms with Crippen molar-refractivity contribution in [3.05, 3.63) is 53.3 Å². The molecular weight excluding hydrogens is 353 g/mol. The Kier molecular flexibility index (Phi) is 4.92. The second-order valence-electron chi connectivity index (χ2n) is 8.30. The molecule has 0 bridgehead atoms. The summed E-state index contributed by atoms with van der Waals surface area (Å²) >= 11 is 0. The smallest absolute Gasteiger partial charge is 0.237 e. The Balaban J connectivity index is 1.53. The molecule has 3 unspecified atom stereocenters. The summed E-state index contributed by atoms with van der Waals surface area (Å²) in [5.74, 6) is 0.385. The second-order valence-corrected chi connectivity index (χ2v) is 8.30. The van der Waals surface area contributed by atoms with Gasteiger partial charge in [-0.1, -0.05) is 19.9 Å². The lowest BCUT2D eigenvalue weighted by Crippen LogP contribution is -2.39. The molecule has 1 N–H and O–H groups in total. The van der Waals surface area contributed by atoms with Crippen LogP contribution in [0, 0.1) is 24.6 Å². The molecular formula is C23H26FN3O. The summed E-state index contributed by atoms with van der Waals surface area (Å²) in [6.07, 6.45) is 2.94. The summed E-state index contributed by atoms with van der Waals surface area (Å²) < 4.78 is 13.4. The SMILES string of the molecule is Cc1cc(N=CC2C(=O)Nc3cc(F)ccc32)ccc1N1CC(C)CC(C)C1. The van der Waals surface area contributed by atoms with E-state index < -0.39 is 5.92 Å². The number of piperidine rings is 1. The first kappa shape index (κ1) is 18.7. The molecule has 3 atom stereocenters. The number of anilines is 2. The summed E-state index contributed by atoms with van der Waals surface area (Å²) in [7, 11) is 0. The molecule has 1 fully saturated rings. The first-order chi connectivity index (χ1) is 13.4. The van der Waals surface area contributed by atoms with Gasteiger partial charge in [-0.3, -0.25) is 9.79 Å². The van der Waals surface area contributed by atoms with Crippen LogP contribution in [0.25, 0.3) is 0 Å². The van der Waals surface area contributed by atoms with Crippen LogP contribution in [0.2, 0.25) is 0 Å². The van der Waals surface area contributed by atoms with Crippen LogP contribution in [0.4, 0.5) is 21.5 Å². The van der Waals surface area contributed by atoms with Gasteiger partial charge in [0.25, 0.3) is 0 Å². The van der Waals surface area contributed by atoms with Crippen molar-refractivity contribution in [1.29, 1.82) is 0 Å². The fourth-order valence-electron chi connectivity index (χ4n) is 4.50. The Labute approximate surface area is 165 Å². The Morgan fingerprint density at radius 3 is 2.61 bits per heavy atom. The number of aliphatic imine (C=N–C) groups is 1. The van der Waals surface area contributed by atoms with Crippen molar-refractivity contribution < 1.29 is 9.18 Å². The van der Waals surface area contributed by atoms with Crippen LogP contribution in [-0.2, 0) is 4.79 Å². The second kappa shape index (κ2) is 7.38. The topological polar surface area (TPSA) is 44.7 Å². The molecule has 2 aliphatic heterocycles. The lowest BCUT2D eigenvalue weighted by molar-refractivity contribution is -0.115. The molecule has 4 nitrogen and oxygen atoms in total. The summed E-state index contributed by atoms with van der Waals surface area (Å²) in [4.78, 5) is 19.2. The average Bonchev–Trinajstić information content (AvgIpc) is 2.93. The molecule has 0 radical (unpaired) electrons. The molecule has 28 heavy (non-hydrogen) atoms. The third-order valence-electron chi connectivity index (χ3n) is 5.65. The van der Waals surface area contributed by atoms with Gasteiger partial charge in [-0.2, -0.15) is 0 Å². The van der Waals surface area contributed by atoms with Crippen molar-refractivity contribution in [3.63, 3.8) is 0 Å². The predicted molar refractivity (Wildman–Crippen MR) is 112 cm³/mol. The van der Waals surface area contributed by atoms with Gasteiger partial charge >= 0.3 is 0 Å². The largest absolute Gasteiger partial charge is 0.371 e. The van der Waals surface area contributed by atoms with E-state index in [-0.39, 0.29) is 11.7 Å². The van der Waals surface area contributed by atoms with Gasteiger partial charge in [0.15, 0.2) is 0 Å². The number of fused-ring (bicyclic) bond motifs is 1. The number of aryl methyl sites for hydroxylation is 1. The highest BCUT2D eigenvalue weighted by Gasteiger charge is 2.29. The highest BCUT2D eigenvalue weighted by molar-refractivity contribution is 6.12. The van der Waals surface area contributed by atoms with Crippen LogP contribution in [0.15, 0.2) is 41.4 Å². The van der Waals surface area contributed by atoms with Crippen LogP contribution >= 0.6 is 0 Å². The average molecular weight is 379 g/mol. The maximum absolute atomic E-state index is 13.4. The molecule has 2 heterocycles. The maximum Gasteiger partial charge on any atom is 0.237 e. The van der Waals surface area contributed by atoms with E-state index in [2.05, 4.69) is 48.1 Å². The fourth-order valence-corrected chi connectivity index (χ4v) is 4.50. The zero-order valence-corrected chi connectivity index (χ0v) is 16.6. The molecule has 4 rings (SSSR count). The number of hydrogen-bond donors (Lipinski definition) is 1. The van der Waals surface area contributed by atoms with E-state index in [4.69, 9.17) is 0 Å². The van der Waals surface area contributed by atoms with E-state index in [0.29, 0.717) is 17.5 Å². The maximum atomic E-state index is 13.4. The van der Waals surface area contributed by atoms with Crippen molar-refractivity contribution in [3.8, 4) is 0 Å². The van der Waals surface area contributed by atoms with E-state index in [1.165, 1.54) is 29.8 Å². The minimum Gasteiger partial charge on any atom is -0.371 e. The van der Waals surface area contributed by atoms with E-state index in [1.807, 2.05) is 6.07 Å². The predicted octanol–water partition coefficient (Wildman–Crippen LogP) is 5.05. The number of amides is 1. The zero-order valence-electron chi connectivity index (χ0n) is 16.6. The number of benzene rings is 2. The molecule has 0 spiro atoms. The van der Waals surface area contributed by atoms with Gasteiger partial charge in [0.05, 0.1) is 5.69 Å². The number of nitrogens with one attached hydrogen (secondary N) is 1. The number of carbonyl (C=O) groups is 1. The highest BCUT2D eigenvalue weighted by atomic mass is 19.1. The molecule has 2 aromatic rings. The van der Waals surface area contributed by atoms with Crippen molar-refractivity contribution >= 4 is 29.2 Å². The Bertz CT molecular complexity index is 929. The fraction of sp³-hybridized carbons (Fsp3) is 0.391. The third-order valence-corrected chi connectivity index (χ3v) is 5.65. The van der Waals surface area contributed by atoms with Crippen molar-refractivity contribution in [2.24, 2.45) is 16.8 Å². The first-order valence-electron chi connectivity index (χ1n) is 9.91. The standard InChI is InChI=1S/C23H26FN3O/c1-14-8-15(2)13-27(12-14)22-7-5-18(9-16(22)3)25-11-20-19-6-4-17(24)10-21(19)26-23(20)28/h4-7,9-11,14-15,20H,8,12-13H2,1-3H3,(H,26,28). The number of halogens is 1.